The third kappa shape index (κ3) is 2.54. The van der Waals surface area contributed by atoms with E-state index in [0.717, 1.165) is 18.8 Å². The molecule has 0 aromatic carbocycles. The molecule has 0 unspecified atom stereocenters. The van der Waals surface area contributed by atoms with E-state index in [1.54, 1.807) is 0 Å². The molecule has 0 heterocycles. The summed E-state index contributed by atoms with van der Waals surface area (Å²) in [5, 5.41) is 11.9. The van der Waals surface area contributed by atoms with Crippen molar-refractivity contribution in [1.82, 2.24) is 5.32 Å². The molecule has 90 valence electrons. The van der Waals surface area contributed by atoms with Crippen LogP contribution in [0.5, 0.6) is 0 Å². The van der Waals surface area contributed by atoms with Crippen molar-refractivity contribution in [3.8, 4) is 0 Å². The van der Waals surface area contributed by atoms with Crippen molar-refractivity contribution in [3.63, 3.8) is 0 Å². The van der Waals surface area contributed by atoms with Gasteiger partial charge in [-0.1, -0.05) is 19.3 Å². The van der Waals surface area contributed by atoms with Gasteiger partial charge in [0.25, 0.3) is 0 Å². The molecule has 0 spiro atoms. The van der Waals surface area contributed by atoms with E-state index in [2.05, 4.69) is 5.32 Å². The molecular formula is C12H19NO3. The van der Waals surface area contributed by atoms with Crippen LogP contribution in [0.2, 0.25) is 0 Å². The summed E-state index contributed by atoms with van der Waals surface area (Å²) in [6.07, 6.45) is 6.01. The van der Waals surface area contributed by atoms with Gasteiger partial charge in [0.1, 0.15) is 0 Å². The third-order valence-electron chi connectivity index (χ3n) is 3.83. The van der Waals surface area contributed by atoms with Gasteiger partial charge in [-0.25, -0.2) is 0 Å². The number of nitrogens with one attached hydrogen (secondary N) is 1. The highest BCUT2D eigenvalue weighted by Gasteiger charge is 2.45. The van der Waals surface area contributed by atoms with Gasteiger partial charge in [-0.3, -0.25) is 9.59 Å². The normalized spacial score (nSPS) is 22.2. The van der Waals surface area contributed by atoms with Gasteiger partial charge in [0, 0.05) is 13.0 Å². The predicted molar refractivity (Wildman–Crippen MR) is 58.9 cm³/mol. The maximum Gasteiger partial charge on any atom is 0.310 e. The Balaban J connectivity index is 1.70. The summed E-state index contributed by atoms with van der Waals surface area (Å²) in [5.74, 6) is -0.101. The zero-order valence-electron chi connectivity index (χ0n) is 9.50. The maximum absolute atomic E-state index is 11.6. The van der Waals surface area contributed by atoms with Gasteiger partial charge in [0.05, 0.1) is 5.41 Å². The Hall–Kier alpha value is -1.06. The van der Waals surface area contributed by atoms with Crippen LogP contribution in [0.15, 0.2) is 0 Å². The fourth-order valence-electron chi connectivity index (χ4n) is 2.26. The van der Waals surface area contributed by atoms with Gasteiger partial charge in [0.2, 0.25) is 5.91 Å². The number of carboxylic acid groups (broad SMARTS) is 1. The SMILES string of the molecule is O=C(CC1(C(=O)O)CCC1)NCCC1CC1. The second-order valence-corrected chi connectivity index (χ2v) is 5.20. The molecule has 2 rings (SSSR count). The van der Waals surface area contributed by atoms with Crippen LogP contribution in [0, 0.1) is 11.3 Å². The minimum atomic E-state index is -0.809. The number of carbonyl (C=O) groups excluding carboxylic acids is 1. The van der Waals surface area contributed by atoms with Gasteiger partial charge in [0.15, 0.2) is 0 Å². The first-order chi connectivity index (χ1) is 7.62. The molecule has 16 heavy (non-hydrogen) atoms. The second-order valence-electron chi connectivity index (χ2n) is 5.20. The molecule has 0 saturated heterocycles. The highest BCUT2D eigenvalue weighted by atomic mass is 16.4. The lowest BCUT2D eigenvalue weighted by atomic mass is 9.66. The van der Waals surface area contributed by atoms with E-state index in [4.69, 9.17) is 5.11 Å². The van der Waals surface area contributed by atoms with Crippen molar-refractivity contribution in [2.45, 2.75) is 44.9 Å². The highest BCUT2D eigenvalue weighted by molar-refractivity contribution is 5.85. The van der Waals surface area contributed by atoms with Crippen LogP contribution < -0.4 is 5.32 Å². The number of rotatable bonds is 6. The van der Waals surface area contributed by atoms with Gasteiger partial charge in [-0.2, -0.15) is 0 Å². The summed E-state index contributed by atoms with van der Waals surface area (Å²) in [7, 11) is 0. The first kappa shape index (κ1) is 11.4. The van der Waals surface area contributed by atoms with Crippen molar-refractivity contribution in [2.75, 3.05) is 6.54 Å². The molecule has 2 aliphatic carbocycles. The molecule has 4 nitrogen and oxygen atoms in total. The third-order valence-corrected chi connectivity index (χ3v) is 3.83. The standard InChI is InChI=1S/C12H19NO3/c14-10(13-7-4-9-2-3-9)8-12(11(15)16)5-1-6-12/h9H,1-8H2,(H,13,14)(H,15,16). The first-order valence-electron chi connectivity index (χ1n) is 6.12. The van der Waals surface area contributed by atoms with Crippen molar-refractivity contribution < 1.29 is 14.7 Å². The second kappa shape index (κ2) is 4.44. The lowest BCUT2D eigenvalue weighted by Crippen LogP contribution is -2.42. The number of amides is 1. The fraction of sp³-hybridized carbons (Fsp3) is 0.833. The van der Waals surface area contributed by atoms with Crippen LogP contribution in [0.3, 0.4) is 0 Å². The molecule has 0 aromatic rings. The minimum Gasteiger partial charge on any atom is -0.481 e. The van der Waals surface area contributed by atoms with Gasteiger partial charge in [-0.05, 0) is 25.2 Å². The summed E-state index contributed by atoms with van der Waals surface area (Å²) < 4.78 is 0. The molecule has 0 aromatic heterocycles. The predicted octanol–water partition coefficient (Wildman–Crippen LogP) is 1.55. The lowest BCUT2D eigenvalue weighted by Gasteiger charge is -2.36. The highest BCUT2D eigenvalue weighted by Crippen LogP contribution is 2.44. The van der Waals surface area contributed by atoms with Gasteiger partial charge < -0.3 is 10.4 Å². The Labute approximate surface area is 95.4 Å². The van der Waals surface area contributed by atoms with Crippen molar-refractivity contribution in [2.24, 2.45) is 11.3 Å². The molecule has 0 bridgehead atoms. The average Bonchev–Trinajstić information content (AvgIpc) is 2.94. The molecule has 4 heteroatoms. The molecule has 0 aliphatic heterocycles. The first-order valence-corrected chi connectivity index (χ1v) is 6.12. The largest absolute Gasteiger partial charge is 0.481 e. The van der Waals surface area contributed by atoms with Crippen LogP contribution >= 0.6 is 0 Å². The van der Waals surface area contributed by atoms with Crippen LogP contribution in [0.4, 0.5) is 0 Å². The van der Waals surface area contributed by atoms with E-state index in [1.165, 1.54) is 12.8 Å². The van der Waals surface area contributed by atoms with Crippen LogP contribution in [0.25, 0.3) is 0 Å². The van der Waals surface area contributed by atoms with E-state index in [-0.39, 0.29) is 12.3 Å². The number of hydrogen-bond acceptors (Lipinski definition) is 2. The topological polar surface area (TPSA) is 66.4 Å². The Morgan fingerprint density at radius 1 is 1.31 bits per heavy atom. The average molecular weight is 225 g/mol. The van der Waals surface area contributed by atoms with E-state index >= 15 is 0 Å². The number of aliphatic carboxylic acids is 1. The van der Waals surface area contributed by atoms with Crippen molar-refractivity contribution in [3.05, 3.63) is 0 Å². The summed E-state index contributed by atoms with van der Waals surface area (Å²) >= 11 is 0. The summed E-state index contributed by atoms with van der Waals surface area (Å²) in [5.41, 5.74) is -0.746. The summed E-state index contributed by atoms with van der Waals surface area (Å²) in [6.45, 7) is 0.708. The minimum absolute atomic E-state index is 0.0947. The zero-order valence-corrected chi connectivity index (χ0v) is 9.50. The number of carboxylic acids is 1. The maximum atomic E-state index is 11.6. The molecule has 1 amide bonds. The smallest absolute Gasteiger partial charge is 0.310 e. The fourth-order valence-corrected chi connectivity index (χ4v) is 2.26. The number of carbonyl (C=O) groups is 2. The zero-order chi connectivity index (χ0) is 11.6. The molecule has 0 atom stereocenters. The van der Waals surface area contributed by atoms with E-state index in [9.17, 15) is 9.59 Å². The van der Waals surface area contributed by atoms with Crippen molar-refractivity contribution >= 4 is 11.9 Å². The molecule has 0 radical (unpaired) electrons. The summed E-state index contributed by atoms with van der Waals surface area (Å²) in [6, 6.07) is 0. The van der Waals surface area contributed by atoms with E-state index in [0.29, 0.717) is 19.4 Å². The van der Waals surface area contributed by atoms with Crippen LogP contribution in [0.1, 0.15) is 44.9 Å². The van der Waals surface area contributed by atoms with Crippen LogP contribution in [-0.4, -0.2) is 23.5 Å². The Kier molecular flexibility index (Phi) is 3.17. The van der Waals surface area contributed by atoms with Crippen molar-refractivity contribution in [1.29, 1.82) is 0 Å². The molecule has 2 aliphatic rings. The molecule has 2 saturated carbocycles. The van der Waals surface area contributed by atoms with E-state index in [1.807, 2.05) is 0 Å². The number of hydrogen-bond donors (Lipinski definition) is 2. The molecular weight excluding hydrogens is 206 g/mol. The molecule has 2 N–H and O–H groups in total. The van der Waals surface area contributed by atoms with Crippen LogP contribution in [-0.2, 0) is 9.59 Å². The van der Waals surface area contributed by atoms with Gasteiger partial charge in [-0.15, -0.1) is 0 Å². The monoisotopic (exact) mass is 225 g/mol. The van der Waals surface area contributed by atoms with E-state index < -0.39 is 11.4 Å². The van der Waals surface area contributed by atoms with Gasteiger partial charge >= 0.3 is 5.97 Å². The summed E-state index contributed by atoms with van der Waals surface area (Å²) in [4.78, 5) is 22.6. The molecule has 2 fully saturated rings. The Morgan fingerprint density at radius 3 is 2.44 bits per heavy atom. The quantitative estimate of drug-likeness (QED) is 0.720. The Morgan fingerprint density at radius 2 is 2.00 bits per heavy atom. The Bertz CT molecular complexity index is 293. The lowest BCUT2D eigenvalue weighted by molar-refractivity contribution is -0.157.